The fourth-order valence-corrected chi connectivity index (χ4v) is 4.29. The second-order valence-electron chi connectivity index (χ2n) is 4.21. The zero-order valence-electron chi connectivity index (χ0n) is 9.17. The summed E-state index contributed by atoms with van der Waals surface area (Å²) in [6.45, 7) is 7.11. The van der Waals surface area contributed by atoms with Crippen LogP contribution in [0.1, 0.15) is 30.0 Å². The van der Waals surface area contributed by atoms with Gasteiger partial charge in [0.15, 0.2) is 0 Å². The van der Waals surface area contributed by atoms with E-state index in [1.165, 1.54) is 12.0 Å². The van der Waals surface area contributed by atoms with E-state index in [1.54, 1.807) is 11.1 Å². The van der Waals surface area contributed by atoms with E-state index >= 15 is 0 Å². The first-order chi connectivity index (χ1) is 6.74. The average molecular weight is 201 g/mol. The van der Waals surface area contributed by atoms with Gasteiger partial charge in [-0.15, -0.1) is 0 Å². The maximum absolute atomic E-state index is 2.42. The molecule has 1 unspecified atom stereocenters. The van der Waals surface area contributed by atoms with Gasteiger partial charge in [0, 0.05) is 0 Å². The Morgan fingerprint density at radius 3 is 2.57 bits per heavy atom. The smallest absolute Gasteiger partial charge is 0.0552 e. The zero-order valence-corrected chi connectivity index (χ0v) is 10.2. The monoisotopic (exact) mass is 201 g/mol. The molecule has 0 N–H and O–H groups in total. The van der Waals surface area contributed by atoms with Crippen molar-refractivity contribution in [2.75, 3.05) is 0 Å². The Balaban J connectivity index is 2.46. The van der Waals surface area contributed by atoms with Gasteiger partial charge in [0.25, 0.3) is 0 Å². The Morgan fingerprint density at radius 1 is 1.21 bits per heavy atom. The van der Waals surface area contributed by atoms with Gasteiger partial charge in [-0.2, -0.15) is 0 Å². The fourth-order valence-electron chi connectivity index (χ4n) is 2.38. The summed E-state index contributed by atoms with van der Waals surface area (Å²) in [6, 6.07) is 8.86. The van der Waals surface area contributed by atoms with Crippen molar-refractivity contribution in [3.8, 4) is 0 Å². The topological polar surface area (TPSA) is 0 Å². The molecule has 1 heteroatoms. The third-order valence-electron chi connectivity index (χ3n) is 3.00. The van der Waals surface area contributed by atoms with Crippen LogP contribution in [0, 0.1) is 0 Å². The maximum atomic E-state index is 2.42. The lowest BCUT2D eigenvalue weighted by atomic mass is 10.1. The van der Waals surface area contributed by atoms with Crippen molar-refractivity contribution in [1.29, 1.82) is 0 Å². The van der Waals surface area contributed by atoms with Gasteiger partial charge >= 0.3 is 0 Å². The highest BCUT2D eigenvalue weighted by atomic mass is 28.3. The molecule has 1 atom stereocenters. The van der Waals surface area contributed by atoms with Gasteiger partial charge in [0.2, 0.25) is 0 Å². The number of fused-ring (bicyclic) bond motifs is 1. The Bertz CT molecular complexity index is 363. The Labute approximate surface area is 88.3 Å². The zero-order chi connectivity index (χ0) is 10.1. The molecule has 1 aromatic rings. The van der Waals surface area contributed by atoms with Crippen molar-refractivity contribution < 1.29 is 0 Å². The largest absolute Gasteiger partial charge is 0.0705 e. The highest BCUT2D eigenvalue weighted by molar-refractivity contribution is 6.58. The van der Waals surface area contributed by atoms with Crippen molar-refractivity contribution in [3.05, 3.63) is 41.0 Å². The molecular weight excluding hydrogens is 184 g/mol. The minimum Gasteiger partial charge on any atom is -0.0705 e. The number of hydrogen-bond donors (Lipinski definition) is 0. The molecule has 0 heterocycles. The Kier molecular flexibility index (Phi) is 2.59. The summed E-state index contributed by atoms with van der Waals surface area (Å²) < 4.78 is 0. The van der Waals surface area contributed by atoms with Gasteiger partial charge in [0.05, 0.1) is 8.80 Å². The summed E-state index contributed by atoms with van der Waals surface area (Å²) >= 11 is 0. The molecule has 73 valence electrons. The molecule has 0 saturated carbocycles. The van der Waals surface area contributed by atoms with Crippen molar-refractivity contribution in [1.82, 2.24) is 0 Å². The van der Waals surface area contributed by atoms with E-state index < -0.39 is 0 Å². The van der Waals surface area contributed by atoms with Crippen molar-refractivity contribution in [2.45, 2.75) is 32.0 Å². The molecule has 1 radical (unpaired) electrons. The van der Waals surface area contributed by atoms with Gasteiger partial charge in [0.1, 0.15) is 0 Å². The summed E-state index contributed by atoms with van der Waals surface area (Å²) in [7, 11) is -0.253. The Morgan fingerprint density at radius 2 is 1.93 bits per heavy atom. The maximum Gasteiger partial charge on any atom is 0.0552 e. The summed E-state index contributed by atoms with van der Waals surface area (Å²) in [6.07, 6.45) is 3.60. The molecule has 0 aromatic heterocycles. The van der Waals surface area contributed by atoms with Gasteiger partial charge in [-0.05, 0) is 23.1 Å². The predicted molar refractivity (Wildman–Crippen MR) is 64.9 cm³/mol. The minimum absolute atomic E-state index is 0.253. The van der Waals surface area contributed by atoms with Crippen LogP contribution in [0.15, 0.2) is 29.8 Å². The first kappa shape index (κ1) is 9.72. The molecule has 0 saturated heterocycles. The summed E-state index contributed by atoms with van der Waals surface area (Å²) in [4.78, 5) is 0. The molecular formula is C13H17Si. The molecule has 0 bridgehead atoms. The van der Waals surface area contributed by atoms with E-state index in [1.807, 2.05) is 0 Å². The Hall–Kier alpha value is -0.823. The average Bonchev–Trinajstić information content (AvgIpc) is 2.55. The van der Waals surface area contributed by atoms with E-state index in [-0.39, 0.29) is 8.80 Å². The first-order valence-corrected chi connectivity index (χ1v) is 7.91. The predicted octanol–water partition coefficient (Wildman–Crippen LogP) is 3.87. The van der Waals surface area contributed by atoms with E-state index in [0.717, 1.165) is 5.54 Å². The van der Waals surface area contributed by atoms with Gasteiger partial charge in [-0.3, -0.25) is 0 Å². The number of rotatable bonds is 2. The van der Waals surface area contributed by atoms with Gasteiger partial charge in [-0.25, -0.2) is 0 Å². The molecule has 1 aromatic carbocycles. The summed E-state index contributed by atoms with van der Waals surface area (Å²) in [5.74, 6) is 0. The second-order valence-corrected chi connectivity index (χ2v) is 6.94. The van der Waals surface area contributed by atoms with E-state index in [0.29, 0.717) is 0 Å². The van der Waals surface area contributed by atoms with Crippen molar-refractivity contribution in [3.63, 3.8) is 0 Å². The summed E-state index contributed by atoms with van der Waals surface area (Å²) in [5, 5.41) is 0. The van der Waals surface area contributed by atoms with E-state index in [4.69, 9.17) is 0 Å². The molecule has 0 aliphatic heterocycles. The molecule has 1 aliphatic carbocycles. The molecule has 0 spiro atoms. The number of allylic oxidation sites excluding steroid dienone is 1. The fraction of sp³-hybridized carbons (Fsp3) is 0.385. The van der Waals surface area contributed by atoms with Crippen molar-refractivity contribution >= 4 is 14.9 Å². The SMILES string of the molecule is CCC1=Cc2ccccc2C1[Si](C)C. The quantitative estimate of drug-likeness (QED) is 0.637. The third-order valence-corrected chi connectivity index (χ3v) is 4.84. The van der Waals surface area contributed by atoms with Crippen LogP contribution >= 0.6 is 0 Å². The van der Waals surface area contributed by atoms with Crippen LogP contribution in [0.5, 0.6) is 0 Å². The molecule has 0 fully saturated rings. The standard InChI is InChI=1S/C13H17Si/c1-4-10-9-11-7-5-6-8-12(11)13(10)14(2)3/h5-9,13H,4H2,1-3H3. The van der Waals surface area contributed by atoms with Gasteiger partial charge in [-0.1, -0.05) is 55.9 Å². The van der Waals surface area contributed by atoms with Crippen LogP contribution in [0.2, 0.25) is 13.1 Å². The van der Waals surface area contributed by atoms with Crippen LogP contribution in [0.25, 0.3) is 6.08 Å². The summed E-state index contributed by atoms with van der Waals surface area (Å²) in [5.41, 5.74) is 5.44. The highest BCUT2D eigenvalue weighted by Crippen LogP contribution is 2.39. The lowest BCUT2D eigenvalue weighted by Gasteiger charge is -2.18. The molecule has 0 nitrogen and oxygen atoms in total. The number of hydrogen-bond acceptors (Lipinski definition) is 0. The third kappa shape index (κ3) is 1.46. The molecule has 2 rings (SSSR count). The van der Waals surface area contributed by atoms with Crippen LogP contribution < -0.4 is 0 Å². The first-order valence-electron chi connectivity index (χ1n) is 5.33. The number of benzene rings is 1. The molecule has 14 heavy (non-hydrogen) atoms. The van der Waals surface area contributed by atoms with Crippen LogP contribution in [-0.4, -0.2) is 8.80 Å². The van der Waals surface area contributed by atoms with Crippen LogP contribution in [-0.2, 0) is 0 Å². The molecule has 1 aliphatic rings. The van der Waals surface area contributed by atoms with Crippen LogP contribution in [0.4, 0.5) is 0 Å². The van der Waals surface area contributed by atoms with Crippen molar-refractivity contribution in [2.24, 2.45) is 0 Å². The van der Waals surface area contributed by atoms with E-state index in [9.17, 15) is 0 Å². The lowest BCUT2D eigenvalue weighted by molar-refractivity contribution is 0.990. The second kappa shape index (κ2) is 3.74. The molecule has 0 amide bonds. The van der Waals surface area contributed by atoms with E-state index in [2.05, 4.69) is 50.4 Å². The minimum atomic E-state index is -0.253. The lowest BCUT2D eigenvalue weighted by Crippen LogP contribution is -2.15. The highest BCUT2D eigenvalue weighted by Gasteiger charge is 2.26. The van der Waals surface area contributed by atoms with Crippen LogP contribution in [0.3, 0.4) is 0 Å². The normalized spacial score (nSPS) is 19.7. The van der Waals surface area contributed by atoms with Gasteiger partial charge < -0.3 is 0 Å².